The first-order valence-corrected chi connectivity index (χ1v) is 8.70. The van der Waals surface area contributed by atoms with Gasteiger partial charge in [0.1, 0.15) is 6.04 Å². The fourth-order valence-corrected chi connectivity index (χ4v) is 2.80. The number of carboxylic acids is 1. The molecule has 1 aliphatic heterocycles. The summed E-state index contributed by atoms with van der Waals surface area (Å²) in [6.07, 6.45) is 4.43. The van der Waals surface area contributed by atoms with Crippen LogP contribution in [0.4, 0.5) is 4.79 Å². The summed E-state index contributed by atoms with van der Waals surface area (Å²) in [5.41, 5.74) is 0.0990. The Balaban J connectivity index is 2.36. The topological polar surface area (TPSA) is 81.7 Å². The second-order valence-corrected chi connectivity index (χ2v) is 7.10. The van der Waals surface area contributed by atoms with Crippen molar-refractivity contribution >= 4 is 23.8 Å². The first-order chi connectivity index (χ1) is 9.86. The summed E-state index contributed by atoms with van der Waals surface area (Å²) >= 11 is 1.57. The average molecular weight is 317 g/mol. The van der Waals surface area contributed by atoms with Crippen molar-refractivity contribution in [3.05, 3.63) is 0 Å². The van der Waals surface area contributed by atoms with E-state index >= 15 is 0 Å². The molecule has 1 rings (SSSR count). The molecule has 122 valence electrons. The number of rotatable bonds is 7. The highest BCUT2D eigenvalue weighted by Crippen LogP contribution is 2.29. The Labute approximate surface area is 131 Å². The third kappa shape index (κ3) is 6.56. The minimum atomic E-state index is -0.982. The fourth-order valence-electron chi connectivity index (χ4n) is 2.33. The summed E-state index contributed by atoms with van der Waals surface area (Å²) < 4.78 is 0. The summed E-state index contributed by atoms with van der Waals surface area (Å²) in [6, 6.07) is -1.20. The van der Waals surface area contributed by atoms with Crippen LogP contribution in [0.15, 0.2) is 0 Å². The molecule has 0 aromatic carbocycles. The highest BCUT2D eigenvalue weighted by molar-refractivity contribution is 7.98. The Morgan fingerprint density at radius 3 is 2.52 bits per heavy atom. The molecule has 0 aromatic heterocycles. The van der Waals surface area contributed by atoms with Crippen molar-refractivity contribution in [1.82, 2.24) is 15.5 Å². The van der Waals surface area contributed by atoms with Crippen LogP contribution < -0.4 is 10.6 Å². The number of nitrogens with zero attached hydrogens (tertiary/aromatic N) is 1. The number of aliphatic carboxylic acids is 1. The summed E-state index contributed by atoms with van der Waals surface area (Å²) in [6.45, 7) is 4.82. The molecule has 21 heavy (non-hydrogen) atoms. The van der Waals surface area contributed by atoms with Gasteiger partial charge in [-0.1, -0.05) is 6.92 Å². The molecule has 1 fully saturated rings. The number of carbonyl (C=O) groups is 2. The molecular weight excluding hydrogens is 290 g/mol. The van der Waals surface area contributed by atoms with Crippen LogP contribution in [-0.4, -0.2) is 66.7 Å². The zero-order valence-electron chi connectivity index (χ0n) is 13.1. The van der Waals surface area contributed by atoms with Gasteiger partial charge in [-0.15, -0.1) is 0 Å². The molecule has 1 aliphatic rings. The lowest BCUT2D eigenvalue weighted by Gasteiger charge is -2.38. The number of carbonyl (C=O) groups excluding carboxylic acids is 1. The number of amides is 2. The van der Waals surface area contributed by atoms with E-state index in [1.807, 2.05) is 6.26 Å². The van der Waals surface area contributed by atoms with Gasteiger partial charge in [-0.3, -0.25) is 0 Å². The molecule has 0 unspecified atom stereocenters. The molecule has 7 heteroatoms. The first-order valence-electron chi connectivity index (χ1n) is 7.31. The molecule has 2 amide bonds. The number of urea groups is 1. The van der Waals surface area contributed by atoms with Gasteiger partial charge in [-0.05, 0) is 56.8 Å². The van der Waals surface area contributed by atoms with E-state index in [2.05, 4.69) is 29.5 Å². The van der Waals surface area contributed by atoms with E-state index in [1.165, 1.54) is 0 Å². The van der Waals surface area contributed by atoms with Gasteiger partial charge in [0, 0.05) is 6.54 Å². The molecule has 0 saturated carbocycles. The van der Waals surface area contributed by atoms with E-state index in [0.717, 1.165) is 25.9 Å². The van der Waals surface area contributed by atoms with Crippen molar-refractivity contribution in [2.24, 2.45) is 5.41 Å². The Morgan fingerprint density at radius 1 is 1.38 bits per heavy atom. The van der Waals surface area contributed by atoms with Crippen molar-refractivity contribution in [1.29, 1.82) is 0 Å². The number of hydrogen-bond acceptors (Lipinski definition) is 4. The number of thioether (sulfide) groups is 1. The molecule has 0 aromatic rings. The lowest BCUT2D eigenvalue weighted by Crippen LogP contribution is -2.50. The quantitative estimate of drug-likeness (QED) is 0.658. The van der Waals surface area contributed by atoms with Gasteiger partial charge in [0.05, 0.1) is 0 Å². The van der Waals surface area contributed by atoms with Gasteiger partial charge in [-0.25, -0.2) is 9.59 Å². The van der Waals surface area contributed by atoms with Crippen LogP contribution in [0.1, 0.15) is 26.2 Å². The lowest BCUT2D eigenvalue weighted by atomic mass is 9.80. The van der Waals surface area contributed by atoms with Crippen molar-refractivity contribution in [3.8, 4) is 0 Å². The van der Waals surface area contributed by atoms with Crippen molar-refractivity contribution < 1.29 is 14.7 Å². The summed E-state index contributed by atoms with van der Waals surface area (Å²) in [4.78, 5) is 25.2. The van der Waals surface area contributed by atoms with Crippen molar-refractivity contribution in [2.45, 2.75) is 32.2 Å². The Bertz CT molecular complexity index is 357. The molecule has 1 atom stereocenters. The lowest BCUT2D eigenvalue weighted by molar-refractivity contribution is -0.139. The maximum atomic E-state index is 11.9. The third-order valence-electron chi connectivity index (χ3n) is 4.08. The highest BCUT2D eigenvalue weighted by Gasteiger charge is 2.29. The molecule has 1 heterocycles. The number of likely N-dealkylation sites (tertiary alicyclic amines) is 1. The normalized spacial score (nSPS) is 19.8. The highest BCUT2D eigenvalue weighted by atomic mass is 32.2. The third-order valence-corrected chi connectivity index (χ3v) is 4.73. The largest absolute Gasteiger partial charge is 0.480 e. The minimum Gasteiger partial charge on any atom is -0.480 e. The monoisotopic (exact) mass is 317 g/mol. The number of carboxylic acid groups (broad SMARTS) is 1. The van der Waals surface area contributed by atoms with Crippen LogP contribution in [-0.2, 0) is 4.79 Å². The maximum Gasteiger partial charge on any atom is 0.326 e. The zero-order chi connectivity index (χ0) is 15.9. The maximum absolute atomic E-state index is 11.9. The predicted octanol–water partition coefficient (Wildman–Crippen LogP) is 1.22. The van der Waals surface area contributed by atoms with E-state index in [4.69, 9.17) is 5.11 Å². The van der Waals surface area contributed by atoms with Crippen LogP contribution >= 0.6 is 11.8 Å². The zero-order valence-corrected chi connectivity index (χ0v) is 14.0. The van der Waals surface area contributed by atoms with Gasteiger partial charge in [0.25, 0.3) is 0 Å². The van der Waals surface area contributed by atoms with Gasteiger partial charge in [-0.2, -0.15) is 11.8 Å². The molecule has 0 aliphatic carbocycles. The van der Waals surface area contributed by atoms with Crippen molar-refractivity contribution in [2.75, 3.05) is 38.7 Å². The van der Waals surface area contributed by atoms with Crippen LogP contribution in [0.25, 0.3) is 0 Å². The molecule has 0 bridgehead atoms. The summed E-state index contributed by atoms with van der Waals surface area (Å²) in [5, 5.41) is 14.5. The molecular formula is C14H27N3O3S. The molecule has 1 saturated heterocycles. The van der Waals surface area contributed by atoms with E-state index < -0.39 is 12.0 Å². The molecule has 6 nitrogen and oxygen atoms in total. The van der Waals surface area contributed by atoms with E-state index in [-0.39, 0.29) is 11.4 Å². The Morgan fingerprint density at radius 2 is 2.00 bits per heavy atom. The summed E-state index contributed by atoms with van der Waals surface area (Å²) in [5.74, 6) is -0.272. The van der Waals surface area contributed by atoms with Crippen LogP contribution in [0.2, 0.25) is 0 Å². The minimum absolute atomic E-state index is 0.0990. The number of nitrogens with one attached hydrogen (secondary N) is 2. The van der Waals surface area contributed by atoms with E-state index in [9.17, 15) is 9.59 Å². The standard InChI is InChI=1S/C14H27N3O3S/c1-14(5-7-17(2)8-6-14)10-15-13(20)16-11(12(18)19)4-9-21-3/h11H,4-10H2,1-3H3,(H,18,19)(H2,15,16,20)/t11-/m0/s1. The van der Waals surface area contributed by atoms with E-state index in [1.54, 1.807) is 11.8 Å². The van der Waals surface area contributed by atoms with Crippen LogP contribution in [0.5, 0.6) is 0 Å². The molecule has 3 N–H and O–H groups in total. The van der Waals surface area contributed by atoms with E-state index in [0.29, 0.717) is 18.7 Å². The Kier molecular flexibility index (Phi) is 7.31. The number of piperidine rings is 1. The van der Waals surface area contributed by atoms with Crippen LogP contribution in [0.3, 0.4) is 0 Å². The van der Waals surface area contributed by atoms with Gasteiger partial charge in [0.15, 0.2) is 0 Å². The fraction of sp³-hybridized carbons (Fsp3) is 0.857. The SMILES string of the molecule is CSCC[C@H](NC(=O)NCC1(C)CCN(C)CC1)C(=O)O. The average Bonchev–Trinajstić information content (AvgIpc) is 2.44. The Hall–Kier alpha value is -0.950. The van der Waals surface area contributed by atoms with Gasteiger partial charge in [0.2, 0.25) is 0 Å². The van der Waals surface area contributed by atoms with Crippen molar-refractivity contribution in [3.63, 3.8) is 0 Å². The predicted molar refractivity (Wildman–Crippen MR) is 85.8 cm³/mol. The first kappa shape index (κ1) is 18.1. The smallest absolute Gasteiger partial charge is 0.326 e. The second kappa shape index (κ2) is 8.48. The molecule has 0 radical (unpaired) electrons. The van der Waals surface area contributed by atoms with Gasteiger partial charge >= 0.3 is 12.0 Å². The molecule has 0 spiro atoms. The second-order valence-electron chi connectivity index (χ2n) is 6.11. The van der Waals surface area contributed by atoms with Crippen LogP contribution in [0, 0.1) is 5.41 Å². The number of hydrogen-bond donors (Lipinski definition) is 3. The van der Waals surface area contributed by atoms with Gasteiger partial charge < -0.3 is 20.6 Å². The summed E-state index contributed by atoms with van der Waals surface area (Å²) in [7, 11) is 2.10.